The Balaban J connectivity index is 1.75. The van der Waals surface area contributed by atoms with E-state index in [1.165, 1.54) is 16.7 Å². The van der Waals surface area contributed by atoms with Gasteiger partial charge in [-0.1, -0.05) is 23.8 Å². The third-order valence-corrected chi connectivity index (χ3v) is 4.75. The van der Waals surface area contributed by atoms with E-state index < -0.39 is 0 Å². The molecule has 0 amide bonds. The van der Waals surface area contributed by atoms with Crippen LogP contribution in [0.15, 0.2) is 36.0 Å². The van der Waals surface area contributed by atoms with E-state index in [1.54, 1.807) is 11.3 Å². The minimum atomic E-state index is 0.412. The van der Waals surface area contributed by atoms with E-state index in [4.69, 9.17) is 0 Å². The Labute approximate surface area is 129 Å². The number of hydrogen-bond acceptors (Lipinski definition) is 3. The molecule has 0 fully saturated rings. The van der Waals surface area contributed by atoms with Gasteiger partial charge in [0.25, 0.3) is 0 Å². The molecule has 3 nitrogen and oxygen atoms in total. The first-order valence-electron chi connectivity index (χ1n) is 7.30. The van der Waals surface area contributed by atoms with E-state index in [1.807, 2.05) is 7.05 Å². The maximum absolute atomic E-state index is 4.68. The monoisotopic (exact) mass is 299 g/mol. The highest BCUT2D eigenvalue weighted by Crippen LogP contribution is 2.16. The average Bonchev–Trinajstić information content (AvgIpc) is 3.03. The number of hydrogen-bond donors (Lipinski definition) is 1. The zero-order valence-corrected chi connectivity index (χ0v) is 13.6. The molecular formula is C17H21N3S. The van der Waals surface area contributed by atoms with Crippen LogP contribution in [-0.4, -0.2) is 22.5 Å². The van der Waals surface area contributed by atoms with Crippen molar-refractivity contribution in [2.24, 2.45) is 0 Å². The van der Waals surface area contributed by atoms with Crippen LogP contribution in [-0.2, 0) is 12.8 Å². The second-order valence-corrected chi connectivity index (χ2v) is 6.52. The molecule has 0 aliphatic rings. The number of rotatable bonds is 5. The van der Waals surface area contributed by atoms with Crippen LogP contribution in [0.2, 0.25) is 0 Å². The summed E-state index contributed by atoms with van der Waals surface area (Å²) in [4.78, 5) is 5.76. The lowest BCUT2D eigenvalue weighted by molar-refractivity contribution is 0.550. The van der Waals surface area contributed by atoms with Crippen LogP contribution in [0.1, 0.15) is 22.4 Å². The van der Waals surface area contributed by atoms with E-state index in [0.29, 0.717) is 6.04 Å². The Kier molecular flexibility index (Phi) is 4.08. The molecular weight excluding hydrogens is 278 g/mol. The SMILES string of the molecule is CNC(Cc1cn2ccsc2n1)Cc1cc(C)ccc1C. The van der Waals surface area contributed by atoms with Crippen LogP contribution in [0.25, 0.3) is 4.96 Å². The summed E-state index contributed by atoms with van der Waals surface area (Å²) in [6, 6.07) is 7.10. The smallest absolute Gasteiger partial charge is 0.193 e. The van der Waals surface area contributed by atoms with Crippen molar-refractivity contribution in [2.45, 2.75) is 32.7 Å². The lowest BCUT2D eigenvalue weighted by atomic mass is 9.97. The van der Waals surface area contributed by atoms with Crippen LogP contribution in [0.5, 0.6) is 0 Å². The Morgan fingerprint density at radius 2 is 2.14 bits per heavy atom. The quantitative estimate of drug-likeness (QED) is 0.782. The molecule has 2 aromatic heterocycles. The number of nitrogens with zero attached hydrogens (tertiary/aromatic N) is 2. The number of fused-ring (bicyclic) bond motifs is 1. The van der Waals surface area contributed by atoms with E-state index in [2.05, 4.69) is 64.5 Å². The molecule has 1 unspecified atom stereocenters. The van der Waals surface area contributed by atoms with Crippen LogP contribution >= 0.6 is 11.3 Å². The third-order valence-electron chi connectivity index (χ3n) is 3.98. The standard InChI is InChI=1S/C17H21N3S/c1-12-4-5-13(2)14(8-12)9-15(18-3)10-16-11-20-6-7-21-17(20)19-16/h4-8,11,15,18H,9-10H2,1-3H3. The summed E-state index contributed by atoms with van der Waals surface area (Å²) in [5.74, 6) is 0. The Morgan fingerprint density at radius 1 is 1.29 bits per heavy atom. The van der Waals surface area contributed by atoms with Crippen molar-refractivity contribution in [1.29, 1.82) is 0 Å². The highest BCUT2D eigenvalue weighted by molar-refractivity contribution is 7.15. The lowest BCUT2D eigenvalue weighted by Gasteiger charge is -2.17. The predicted molar refractivity (Wildman–Crippen MR) is 89.2 cm³/mol. The minimum absolute atomic E-state index is 0.412. The number of likely N-dealkylation sites (N-methyl/N-ethyl adjacent to an activating group) is 1. The number of nitrogens with one attached hydrogen (secondary N) is 1. The molecule has 110 valence electrons. The van der Waals surface area contributed by atoms with E-state index in [9.17, 15) is 0 Å². The van der Waals surface area contributed by atoms with Gasteiger partial charge in [-0.05, 0) is 38.4 Å². The largest absolute Gasteiger partial charge is 0.316 e. The summed E-state index contributed by atoms with van der Waals surface area (Å²) in [5, 5.41) is 5.50. The zero-order valence-electron chi connectivity index (χ0n) is 12.8. The third kappa shape index (κ3) is 3.17. The number of thiazole rings is 1. The first-order valence-corrected chi connectivity index (χ1v) is 8.18. The van der Waals surface area contributed by atoms with Crippen LogP contribution in [0.3, 0.4) is 0 Å². The minimum Gasteiger partial charge on any atom is -0.316 e. The molecule has 1 N–H and O–H groups in total. The van der Waals surface area contributed by atoms with Crippen LogP contribution < -0.4 is 5.32 Å². The summed E-state index contributed by atoms with van der Waals surface area (Å²) < 4.78 is 2.10. The lowest BCUT2D eigenvalue weighted by Crippen LogP contribution is -2.30. The van der Waals surface area contributed by atoms with Crippen molar-refractivity contribution in [3.63, 3.8) is 0 Å². The Bertz CT molecular complexity index is 713. The molecule has 0 bridgehead atoms. The van der Waals surface area contributed by atoms with Crippen molar-refractivity contribution >= 4 is 16.3 Å². The molecule has 0 radical (unpaired) electrons. The fraction of sp³-hybridized carbons (Fsp3) is 0.353. The van der Waals surface area contributed by atoms with Crippen molar-refractivity contribution in [2.75, 3.05) is 7.05 Å². The summed E-state index contributed by atoms with van der Waals surface area (Å²) in [5.41, 5.74) is 5.28. The number of aryl methyl sites for hydroxylation is 2. The summed E-state index contributed by atoms with van der Waals surface area (Å²) in [6.07, 6.45) is 6.20. The topological polar surface area (TPSA) is 29.3 Å². The Hall–Kier alpha value is -1.65. The van der Waals surface area contributed by atoms with Gasteiger partial charge in [0.2, 0.25) is 0 Å². The normalized spacial score (nSPS) is 12.9. The van der Waals surface area contributed by atoms with Gasteiger partial charge in [0.15, 0.2) is 4.96 Å². The molecule has 21 heavy (non-hydrogen) atoms. The van der Waals surface area contributed by atoms with Crippen molar-refractivity contribution in [3.8, 4) is 0 Å². The molecule has 2 heterocycles. The van der Waals surface area contributed by atoms with E-state index >= 15 is 0 Å². The molecule has 0 saturated carbocycles. The number of benzene rings is 1. The van der Waals surface area contributed by atoms with Gasteiger partial charge in [-0.2, -0.15) is 0 Å². The van der Waals surface area contributed by atoms with Gasteiger partial charge in [-0.3, -0.25) is 4.40 Å². The molecule has 0 spiro atoms. The molecule has 0 aliphatic heterocycles. The highest BCUT2D eigenvalue weighted by atomic mass is 32.1. The van der Waals surface area contributed by atoms with E-state index in [-0.39, 0.29) is 0 Å². The van der Waals surface area contributed by atoms with Gasteiger partial charge in [0.1, 0.15) is 0 Å². The number of aromatic nitrogens is 2. The first-order chi connectivity index (χ1) is 10.2. The van der Waals surface area contributed by atoms with Gasteiger partial charge in [0, 0.05) is 30.2 Å². The van der Waals surface area contributed by atoms with Crippen LogP contribution in [0.4, 0.5) is 0 Å². The summed E-state index contributed by atoms with van der Waals surface area (Å²) >= 11 is 1.68. The number of imidazole rings is 1. The van der Waals surface area contributed by atoms with Crippen molar-refractivity contribution in [3.05, 3.63) is 58.4 Å². The molecule has 1 aromatic carbocycles. The molecule has 1 atom stereocenters. The zero-order chi connectivity index (χ0) is 14.8. The van der Waals surface area contributed by atoms with E-state index in [0.717, 1.165) is 23.5 Å². The molecule has 3 aromatic rings. The molecule has 4 heteroatoms. The average molecular weight is 299 g/mol. The van der Waals surface area contributed by atoms with Gasteiger partial charge in [-0.15, -0.1) is 11.3 Å². The second-order valence-electron chi connectivity index (χ2n) is 5.65. The predicted octanol–water partition coefficient (Wildman–Crippen LogP) is 3.39. The molecule has 0 aliphatic carbocycles. The highest BCUT2D eigenvalue weighted by Gasteiger charge is 2.13. The summed E-state index contributed by atoms with van der Waals surface area (Å²) in [6.45, 7) is 4.34. The van der Waals surface area contributed by atoms with Crippen LogP contribution in [0, 0.1) is 13.8 Å². The van der Waals surface area contributed by atoms with Crippen molar-refractivity contribution in [1.82, 2.24) is 14.7 Å². The fourth-order valence-corrected chi connectivity index (χ4v) is 3.41. The second kappa shape index (κ2) is 6.00. The van der Waals surface area contributed by atoms with Gasteiger partial charge in [0.05, 0.1) is 5.69 Å². The fourth-order valence-electron chi connectivity index (χ4n) is 2.69. The van der Waals surface area contributed by atoms with Gasteiger partial charge < -0.3 is 5.32 Å². The maximum atomic E-state index is 4.68. The molecule has 0 saturated heterocycles. The Morgan fingerprint density at radius 3 is 2.90 bits per heavy atom. The summed E-state index contributed by atoms with van der Waals surface area (Å²) in [7, 11) is 2.04. The maximum Gasteiger partial charge on any atom is 0.193 e. The van der Waals surface area contributed by atoms with Gasteiger partial charge >= 0.3 is 0 Å². The molecule has 3 rings (SSSR count). The van der Waals surface area contributed by atoms with Gasteiger partial charge in [-0.25, -0.2) is 4.98 Å². The van der Waals surface area contributed by atoms with Crippen molar-refractivity contribution < 1.29 is 0 Å². The first kappa shape index (κ1) is 14.3.